The van der Waals surface area contributed by atoms with E-state index in [0.29, 0.717) is 18.1 Å². The number of oxazole rings is 1. The van der Waals surface area contributed by atoms with E-state index in [1.165, 1.54) is 0 Å². The molecule has 3 aromatic rings. The van der Waals surface area contributed by atoms with Crippen molar-refractivity contribution in [1.29, 1.82) is 0 Å². The van der Waals surface area contributed by atoms with Gasteiger partial charge in [-0.1, -0.05) is 24.3 Å². The monoisotopic (exact) mass is 268 g/mol. The first-order valence-corrected chi connectivity index (χ1v) is 6.14. The lowest BCUT2D eigenvalue weighted by molar-refractivity contribution is 0.0697. The summed E-state index contributed by atoms with van der Waals surface area (Å²) in [6, 6.07) is 14.7. The maximum atomic E-state index is 10.9. The highest BCUT2D eigenvalue weighted by atomic mass is 16.4. The van der Waals surface area contributed by atoms with E-state index in [1.807, 2.05) is 30.3 Å². The molecule has 0 bridgehead atoms. The van der Waals surface area contributed by atoms with Crippen molar-refractivity contribution in [2.45, 2.75) is 6.54 Å². The average molecular weight is 268 g/mol. The van der Waals surface area contributed by atoms with Gasteiger partial charge in [0, 0.05) is 6.54 Å². The first kappa shape index (κ1) is 12.2. The molecule has 0 aliphatic carbocycles. The van der Waals surface area contributed by atoms with Crippen molar-refractivity contribution >= 4 is 23.1 Å². The van der Waals surface area contributed by atoms with Gasteiger partial charge in [0.15, 0.2) is 5.58 Å². The minimum atomic E-state index is -0.936. The first-order valence-electron chi connectivity index (χ1n) is 6.14. The van der Waals surface area contributed by atoms with Crippen LogP contribution in [0.1, 0.15) is 15.9 Å². The highest BCUT2D eigenvalue weighted by Crippen LogP contribution is 2.18. The molecule has 20 heavy (non-hydrogen) atoms. The Hall–Kier alpha value is -2.82. The summed E-state index contributed by atoms with van der Waals surface area (Å²) in [6.45, 7) is 0.452. The second-order valence-electron chi connectivity index (χ2n) is 4.35. The Bertz CT molecular complexity index is 731. The average Bonchev–Trinajstić information content (AvgIpc) is 2.88. The molecule has 0 amide bonds. The molecule has 0 fully saturated rings. The van der Waals surface area contributed by atoms with E-state index in [-0.39, 0.29) is 5.56 Å². The molecule has 0 aliphatic heterocycles. The number of nitrogens with one attached hydrogen (secondary N) is 1. The fourth-order valence-corrected chi connectivity index (χ4v) is 1.94. The van der Waals surface area contributed by atoms with Gasteiger partial charge >= 0.3 is 5.97 Å². The molecule has 1 heterocycles. The van der Waals surface area contributed by atoms with Crippen LogP contribution in [-0.2, 0) is 6.54 Å². The van der Waals surface area contributed by atoms with Crippen LogP contribution < -0.4 is 5.32 Å². The normalized spacial score (nSPS) is 10.6. The van der Waals surface area contributed by atoms with Gasteiger partial charge in [-0.2, -0.15) is 4.98 Å². The Kier molecular flexibility index (Phi) is 3.09. The van der Waals surface area contributed by atoms with Gasteiger partial charge in [0.1, 0.15) is 5.52 Å². The number of anilines is 1. The van der Waals surface area contributed by atoms with Crippen molar-refractivity contribution < 1.29 is 14.3 Å². The minimum absolute atomic E-state index is 0.266. The Labute approximate surface area is 114 Å². The third-order valence-corrected chi connectivity index (χ3v) is 2.91. The van der Waals surface area contributed by atoms with Gasteiger partial charge in [0.05, 0.1) is 5.56 Å². The summed E-state index contributed by atoms with van der Waals surface area (Å²) < 4.78 is 5.53. The van der Waals surface area contributed by atoms with Gasteiger partial charge in [-0.05, 0) is 29.8 Å². The fraction of sp³-hybridized carbons (Fsp3) is 0.0667. The van der Waals surface area contributed by atoms with Crippen LogP contribution in [0, 0.1) is 0 Å². The van der Waals surface area contributed by atoms with Crippen molar-refractivity contribution in [2.24, 2.45) is 0 Å². The van der Waals surface area contributed by atoms with E-state index in [2.05, 4.69) is 10.3 Å². The van der Waals surface area contributed by atoms with E-state index >= 15 is 0 Å². The van der Waals surface area contributed by atoms with Crippen molar-refractivity contribution in [1.82, 2.24) is 4.98 Å². The summed E-state index contributed by atoms with van der Waals surface area (Å²) in [5.41, 5.74) is 2.62. The Morgan fingerprint density at radius 3 is 2.85 bits per heavy atom. The molecule has 0 radical (unpaired) electrons. The molecule has 1 aromatic heterocycles. The number of rotatable bonds is 4. The summed E-state index contributed by atoms with van der Waals surface area (Å²) in [6.07, 6.45) is 0. The number of fused-ring (bicyclic) bond motifs is 1. The van der Waals surface area contributed by atoms with E-state index in [0.717, 1.165) is 11.1 Å². The summed E-state index contributed by atoms with van der Waals surface area (Å²) in [5.74, 6) is -0.936. The molecule has 0 saturated heterocycles. The lowest BCUT2D eigenvalue weighted by atomic mass is 10.1. The van der Waals surface area contributed by atoms with Gasteiger partial charge in [0.2, 0.25) is 0 Å². The molecule has 0 atom stereocenters. The quantitative estimate of drug-likeness (QED) is 0.760. The Balaban J connectivity index is 1.75. The fourth-order valence-electron chi connectivity index (χ4n) is 1.94. The number of carboxylic acid groups (broad SMARTS) is 1. The van der Waals surface area contributed by atoms with Crippen molar-refractivity contribution in [3.8, 4) is 0 Å². The van der Waals surface area contributed by atoms with Gasteiger partial charge in [-0.3, -0.25) is 0 Å². The summed E-state index contributed by atoms with van der Waals surface area (Å²) in [5, 5.41) is 12.0. The molecule has 3 rings (SSSR count). The second-order valence-corrected chi connectivity index (χ2v) is 4.35. The molecule has 0 spiro atoms. The zero-order valence-corrected chi connectivity index (χ0v) is 10.5. The molecule has 2 aromatic carbocycles. The van der Waals surface area contributed by atoms with Gasteiger partial charge in [0.25, 0.3) is 6.01 Å². The van der Waals surface area contributed by atoms with Gasteiger partial charge in [-0.25, -0.2) is 4.79 Å². The molecule has 2 N–H and O–H groups in total. The maximum absolute atomic E-state index is 10.9. The topological polar surface area (TPSA) is 75.4 Å². The highest BCUT2D eigenvalue weighted by molar-refractivity contribution is 5.87. The highest BCUT2D eigenvalue weighted by Gasteiger charge is 2.06. The molecule has 5 nitrogen and oxygen atoms in total. The van der Waals surface area contributed by atoms with Crippen LogP contribution in [0.3, 0.4) is 0 Å². The molecule has 0 aliphatic rings. The SMILES string of the molecule is O=C(O)c1cccc(CNc2nc3ccccc3o2)c1. The first-order chi connectivity index (χ1) is 9.72. The van der Waals surface area contributed by atoms with E-state index in [4.69, 9.17) is 9.52 Å². The zero-order chi connectivity index (χ0) is 13.9. The lowest BCUT2D eigenvalue weighted by Crippen LogP contribution is -2.02. The van der Waals surface area contributed by atoms with Crippen LogP contribution in [0.15, 0.2) is 52.9 Å². The number of para-hydroxylation sites is 2. The predicted molar refractivity (Wildman–Crippen MR) is 74.7 cm³/mol. The van der Waals surface area contributed by atoms with Crippen LogP contribution in [0.5, 0.6) is 0 Å². The summed E-state index contributed by atoms with van der Waals surface area (Å²) >= 11 is 0. The zero-order valence-electron chi connectivity index (χ0n) is 10.5. The standard InChI is InChI=1S/C15H12N2O3/c18-14(19)11-5-3-4-10(8-11)9-16-15-17-12-6-1-2-7-13(12)20-15/h1-8H,9H2,(H,16,17)(H,18,19). The van der Waals surface area contributed by atoms with Gasteiger partial charge in [-0.15, -0.1) is 0 Å². The molecule has 0 saturated carbocycles. The second kappa shape index (κ2) is 5.05. The van der Waals surface area contributed by atoms with Crippen LogP contribution in [0.25, 0.3) is 11.1 Å². The van der Waals surface area contributed by atoms with E-state index in [9.17, 15) is 4.79 Å². The Morgan fingerprint density at radius 1 is 1.20 bits per heavy atom. The van der Waals surface area contributed by atoms with Crippen LogP contribution >= 0.6 is 0 Å². The predicted octanol–water partition coefficient (Wildman–Crippen LogP) is 3.14. The molecular formula is C15H12N2O3. The molecule has 100 valence electrons. The number of aromatic carboxylic acids is 1. The summed E-state index contributed by atoms with van der Waals surface area (Å²) in [4.78, 5) is 15.2. The maximum Gasteiger partial charge on any atom is 0.335 e. The minimum Gasteiger partial charge on any atom is -0.478 e. The van der Waals surface area contributed by atoms with E-state index in [1.54, 1.807) is 18.2 Å². The molecule has 5 heteroatoms. The number of aromatic nitrogens is 1. The number of benzene rings is 2. The number of nitrogens with zero attached hydrogens (tertiary/aromatic N) is 1. The Morgan fingerprint density at radius 2 is 2.05 bits per heavy atom. The van der Waals surface area contributed by atoms with Crippen LogP contribution in [0.2, 0.25) is 0 Å². The molecular weight excluding hydrogens is 256 g/mol. The van der Waals surface area contributed by atoms with Crippen LogP contribution in [-0.4, -0.2) is 16.1 Å². The summed E-state index contributed by atoms with van der Waals surface area (Å²) in [7, 11) is 0. The van der Waals surface area contributed by atoms with Gasteiger partial charge < -0.3 is 14.8 Å². The lowest BCUT2D eigenvalue weighted by Gasteiger charge is -2.03. The molecule has 0 unspecified atom stereocenters. The van der Waals surface area contributed by atoms with Crippen molar-refractivity contribution in [3.63, 3.8) is 0 Å². The number of hydrogen-bond acceptors (Lipinski definition) is 4. The number of carboxylic acids is 1. The van der Waals surface area contributed by atoms with Crippen LogP contribution in [0.4, 0.5) is 6.01 Å². The third-order valence-electron chi connectivity index (χ3n) is 2.91. The van der Waals surface area contributed by atoms with Crippen molar-refractivity contribution in [3.05, 3.63) is 59.7 Å². The smallest absolute Gasteiger partial charge is 0.335 e. The largest absolute Gasteiger partial charge is 0.478 e. The third kappa shape index (κ3) is 2.47. The van der Waals surface area contributed by atoms with Crippen molar-refractivity contribution in [2.75, 3.05) is 5.32 Å². The van der Waals surface area contributed by atoms with E-state index < -0.39 is 5.97 Å². The number of carbonyl (C=O) groups is 1. The number of hydrogen-bond donors (Lipinski definition) is 2.